The van der Waals surface area contributed by atoms with E-state index >= 15 is 0 Å². The first-order valence-corrected chi connectivity index (χ1v) is 17.3. The first kappa shape index (κ1) is 30.5. The van der Waals surface area contributed by atoms with Crippen LogP contribution in [0.15, 0.2) is 24.3 Å². The van der Waals surface area contributed by atoms with Gasteiger partial charge in [-0.05, 0) is 136 Å². The second-order valence-corrected chi connectivity index (χ2v) is 15.2. The van der Waals surface area contributed by atoms with Crippen molar-refractivity contribution in [1.29, 1.82) is 0 Å². The van der Waals surface area contributed by atoms with Gasteiger partial charge in [0.25, 0.3) is 0 Å². The molecule has 0 saturated heterocycles. The number of hydrogen-bond acceptors (Lipinski definition) is 3. The van der Waals surface area contributed by atoms with Crippen LogP contribution in [-0.2, 0) is 15.7 Å². The number of carbonyl (C=O) groups is 1. The van der Waals surface area contributed by atoms with Crippen LogP contribution in [0.25, 0.3) is 0 Å². The topological polar surface area (TPSA) is 29.5 Å². The Morgan fingerprint density at radius 1 is 0.881 bits per heavy atom. The van der Waals surface area contributed by atoms with E-state index in [0.717, 1.165) is 61.6 Å². The molecule has 0 N–H and O–H groups in total. The van der Waals surface area contributed by atoms with Gasteiger partial charge in [0.2, 0.25) is 0 Å². The van der Waals surface area contributed by atoms with E-state index in [2.05, 4.69) is 4.90 Å². The Balaban J connectivity index is 1.27. The molecule has 0 aliphatic heterocycles. The van der Waals surface area contributed by atoms with Gasteiger partial charge in [0.05, 0.1) is 12.2 Å². The zero-order valence-corrected chi connectivity index (χ0v) is 25.7. The standard InChI is InChI=1S/C36H52F3NO2/c1-2-42-34(41)20-26-8-13-33(32(19-26)30-9-11-31(12-10-30)36(37,38)39)40(15-14-25-6-4-3-5-7-25)24-35-21-27-16-28(22-35)18-29(17-27)23-35/h9-12,25-29,32-33H,2-8,13-24H2,1H3/t26-,27?,28?,29?,32+,33-,35?/m1/s1. The van der Waals surface area contributed by atoms with E-state index in [1.807, 2.05) is 6.92 Å². The predicted molar refractivity (Wildman–Crippen MR) is 160 cm³/mol. The van der Waals surface area contributed by atoms with Crippen LogP contribution in [0, 0.1) is 35.0 Å². The highest BCUT2D eigenvalue weighted by Crippen LogP contribution is 2.60. The Bertz CT molecular complexity index is 1010. The monoisotopic (exact) mass is 587 g/mol. The highest BCUT2D eigenvalue weighted by Gasteiger charge is 2.52. The van der Waals surface area contributed by atoms with Gasteiger partial charge in [-0.1, -0.05) is 44.2 Å². The molecular weight excluding hydrogens is 535 g/mol. The second-order valence-electron chi connectivity index (χ2n) is 15.2. The summed E-state index contributed by atoms with van der Waals surface area (Å²) in [7, 11) is 0. The molecule has 0 unspecified atom stereocenters. The van der Waals surface area contributed by atoms with Gasteiger partial charge in [0.15, 0.2) is 0 Å². The molecule has 0 spiro atoms. The summed E-state index contributed by atoms with van der Waals surface area (Å²) in [6.07, 6.45) is 15.4. The maximum Gasteiger partial charge on any atom is 0.416 e. The van der Waals surface area contributed by atoms with Crippen molar-refractivity contribution < 1.29 is 22.7 Å². The lowest BCUT2D eigenvalue weighted by atomic mass is 9.49. The van der Waals surface area contributed by atoms with Crippen molar-refractivity contribution >= 4 is 5.97 Å². The normalized spacial score (nSPS) is 35.1. The van der Waals surface area contributed by atoms with Crippen LogP contribution >= 0.6 is 0 Å². The maximum atomic E-state index is 13.5. The third-order valence-corrected chi connectivity index (χ3v) is 12.1. The average Bonchev–Trinajstić information content (AvgIpc) is 2.95. The summed E-state index contributed by atoms with van der Waals surface area (Å²) in [5.74, 6) is 3.73. The molecule has 1 aromatic carbocycles. The molecule has 234 valence electrons. The summed E-state index contributed by atoms with van der Waals surface area (Å²) in [5, 5.41) is 0. The molecule has 7 rings (SSSR count). The molecule has 6 heteroatoms. The Labute approximate surface area is 251 Å². The predicted octanol–water partition coefficient (Wildman–Crippen LogP) is 9.40. The molecule has 6 aliphatic carbocycles. The van der Waals surface area contributed by atoms with Gasteiger partial charge >= 0.3 is 12.1 Å². The van der Waals surface area contributed by atoms with Crippen molar-refractivity contribution in [2.75, 3.05) is 19.7 Å². The number of rotatable bonds is 10. The van der Waals surface area contributed by atoms with E-state index in [1.54, 1.807) is 12.1 Å². The lowest BCUT2D eigenvalue weighted by Gasteiger charge is -2.59. The zero-order chi connectivity index (χ0) is 29.3. The van der Waals surface area contributed by atoms with Crippen LogP contribution in [-0.4, -0.2) is 36.6 Å². The molecule has 42 heavy (non-hydrogen) atoms. The van der Waals surface area contributed by atoms with Crippen molar-refractivity contribution in [2.24, 2.45) is 35.0 Å². The Morgan fingerprint density at radius 2 is 1.52 bits per heavy atom. The number of alkyl halides is 3. The Morgan fingerprint density at radius 3 is 2.12 bits per heavy atom. The van der Waals surface area contributed by atoms with Gasteiger partial charge in [0, 0.05) is 19.0 Å². The van der Waals surface area contributed by atoms with E-state index in [1.165, 1.54) is 89.2 Å². The van der Waals surface area contributed by atoms with Gasteiger partial charge in [-0.2, -0.15) is 13.2 Å². The molecule has 0 aromatic heterocycles. The van der Waals surface area contributed by atoms with Crippen LogP contribution in [0.4, 0.5) is 13.2 Å². The van der Waals surface area contributed by atoms with Gasteiger partial charge in [-0.25, -0.2) is 0 Å². The summed E-state index contributed by atoms with van der Waals surface area (Å²) in [4.78, 5) is 15.3. The third kappa shape index (κ3) is 7.05. The van der Waals surface area contributed by atoms with Crippen molar-refractivity contribution in [1.82, 2.24) is 4.90 Å². The molecule has 0 heterocycles. The first-order chi connectivity index (χ1) is 20.2. The minimum absolute atomic E-state index is 0.140. The number of halogens is 3. The molecule has 6 saturated carbocycles. The van der Waals surface area contributed by atoms with E-state index in [9.17, 15) is 18.0 Å². The number of hydrogen-bond donors (Lipinski definition) is 0. The quantitative estimate of drug-likeness (QED) is 0.255. The molecule has 0 amide bonds. The van der Waals surface area contributed by atoms with Gasteiger partial charge < -0.3 is 4.74 Å². The first-order valence-electron chi connectivity index (χ1n) is 17.3. The maximum absolute atomic E-state index is 13.5. The van der Waals surface area contributed by atoms with Crippen molar-refractivity contribution in [2.45, 2.75) is 128 Å². The molecular formula is C36H52F3NO2. The fourth-order valence-corrected chi connectivity index (χ4v) is 10.7. The molecule has 4 bridgehead atoms. The van der Waals surface area contributed by atoms with Crippen LogP contribution in [0.3, 0.4) is 0 Å². The van der Waals surface area contributed by atoms with E-state index in [-0.39, 0.29) is 17.8 Å². The van der Waals surface area contributed by atoms with Crippen molar-refractivity contribution in [3.8, 4) is 0 Å². The second kappa shape index (κ2) is 12.8. The minimum atomic E-state index is -4.33. The number of nitrogens with zero attached hydrogens (tertiary/aromatic N) is 1. The zero-order valence-electron chi connectivity index (χ0n) is 25.7. The molecule has 3 atom stereocenters. The lowest BCUT2D eigenvalue weighted by Crippen LogP contribution is -2.54. The highest BCUT2D eigenvalue weighted by molar-refractivity contribution is 5.69. The number of esters is 1. The Hall–Kier alpha value is -1.56. The van der Waals surface area contributed by atoms with Crippen LogP contribution in [0.5, 0.6) is 0 Å². The molecule has 6 fully saturated rings. The van der Waals surface area contributed by atoms with E-state index in [0.29, 0.717) is 24.5 Å². The van der Waals surface area contributed by atoms with Crippen LogP contribution < -0.4 is 0 Å². The van der Waals surface area contributed by atoms with Crippen molar-refractivity contribution in [3.63, 3.8) is 0 Å². The minimum Gasteiger partial charge on any atom is -0.466 e. The lowest BCUT2D eigenvalue weighted by molar-refractivity contribution is -0.144. The molecule has 1 aromatic rings. The summed E-state index contributed by atoms with van der Waals surface area (Å²) >= 11 is 0. The average molecular weight is 588 g/mol. The van der Waals surface area contributed by atoms with Crippen molar-refractivity contribution in [3.05, 3.63) is 35.4 Å². The summed E-state index contributed by atoms with van der Waals surface area (Å²) < 4.78 is 45.7. The van der Waals surface area contributed by atoms with Crippen LogP contribution in [0.2, 0.25) is 0 Å². The van der Waals surface area contributed by atoms with Gasteiger partial charge in [0.1, 0.15) is 0 Å². The summed E-state index contributed by atoms with van der Waals surface area (Å²) in [6.45, 7) is 4.50. The SMILES string of the molecule is CCOC(=O)C[C@@H]1CC[C@@H](N(CCC2CCCCC2)CC23CC4CC(CC(C4)C2)C3)[C@H](c2ccc(C(F)(F)F)cc2)C1. The van der Waals surface area contributed by atoms with E-state index in [4.69, 9.17) is 4.74 Å². The smallest absolute Gasteiger partial charge is 0.416 e. The van der Waals surface area contributed by atoms with Gasteiger partial charge in [-0.3, -0.25) is 9.69 Å². The fourth-order valence-electron chi connectivity index (χ4n) is 10.7. The summed E-state index contributed by atoms with van der Waals surface area (Å²) in [5.41, 5.74) is 0.854. The summed E-state index contributed by atoms with van der Waals surface area (Å²) in [6, 6.07) is 6.32. The number of ether oxygens (including phenoxy) is 1. The fraction of sp³-hybridized carbons (Fsp3) is 0.806. The van der Waals surface area contributed by atoms with Gasteiger partial charge in [-0.15, -0.1) is 0 Å². The van der Waals surface area contributed by atoms with Crippen LogP contribution in [0.1, 0.15) is 127 Å². The number of benzene rings is 1. The molecule has 3 nitrogen and oxygen atoms in total. The molecule has 6 aliphatic rings. The largest absolute Gasteiger partial charge is 0.466 e. The Kier molecular flexibility index (Phi) is 9.29. The van der Waals surface area contributed by atoms with E-state index < -0.39 is 11.7 Å². The third-order valence-electron chi connectivity index (χ3n) is 12.1. The number of carbonyl (C=O) groups excluding carboxylic acids is 1. The highest BCUT2D eigenvalue weighted by atomic mass is 19.4. The molecule has 0 radical (unpaired) electrons.